The van der Waals surface area contributed by atoms with E-state index in [-0.39, 0.29) is 17.9 Å². The van der Waals surface area contributed by atoms with Gasteiger partial charge in [0.15, 0.2) is 5.78 Å². The van der Waals surface area contributed by atoms with E-state index in [1.54, 1.807) is 18.4 Å². The fourth-order valence-electron chi connectivity index (χ4n) is 4.33. The number of ether oxygens (including phenoxy) is 1. The third kappa shape index (κ3) is 3.57. The maximum atomic E-state index is 13.2. The van der Waals surface area contributed by atoms with Crippen molar-refractivity contribution in [3.8, 4) is 0 Å². The van der Waals surface area contributed by atoms with Gasteiger partial charge in [0.2, 0.25) is 0 Å². The molecule has 0 saturated carbocycles. The van der Waals surface area contributed by atoms with E-state index in [0.29, 0.717) is 24.6 Å². The summed E-state index contributed by atoms with van der Waals surface area (Å²) in [4.78, 5) is 32.8. The van der Waals surface area contributed by atoms with Gasteiger partial charge in [-0.1, -0.05) is 6.92 Å². The molecule has 1 aliphatic rings. The number of methoxy groups -OCH3 is 1. The Hall–Kier alpha value is -2.25. The van der Waals surface area contributed by atoms with E-state index in [0.717, 1.165) is 46.4 Å². The molecule has 6 nitrogen and oxygen atoms in total. The van der Waals surface area contributed by atoms with Gasteiger partial charge < -0.3 is 9.30 Å². The number of carbonyl (C=O) groups is 1. The highest BCUT2D eigenvalue weighted by Crippen LogP contribution is 2.35. The highest BCUT2D eigenvalue weighted by molar-refractivity contribution is 7.18. The largest absolute Gasteiger partial charge is 0.383 e. The van der Waals surface area contributed by atoms with Crippen LogP contribution in [0.1, 0.15) is 45.5 Å². The molecular formula is C22H27N3O3S. The van der Waals surface area contributed by atoms with E-state index in [9.17, 15) is 9.59 Å². The van der Waals surface area contributed by atoms with E-state index in [1.165, 1.54) is 15.8 Å². The van der Waals surface area contributed by atoms with Crippen LogP contribution in [0.4, 0.5) is 0 Å². The monoisotopic (exact) mass is 413 g/mol. The topological polar surface area (TPSA) is 66.1 Å². The summed E-state index contributed by atoms with van der Waals surface area (Å²) in [5.74, 6) is 0.579. The van der Waals surface area contributed by atoms with E-state index in [2.05, 4.69) is 16.5 Å². The third-order valence-corrected chi connectivity index (χ3v) is 7.15. The van der Waals surface area contributed by atoms with E-state index >= 15 is 0 Å². The first-order chi connectivity index (χ1) is 13.9. The summed E-state index contributed by atoms with van der Waals surface area (Å²) in [5, 5.41) is 0.720. The molecule has 3 heterocycles. The lowest BCUT2D eigenvalue weighted by molar-refractivity contribution is 0.0969. The van der Waals surface area contributed by atoms with Crippen molar-refractivity contribution in [3.63, 3.8) is 0 Å². The number of nitrogens with zero attached hydrogens (tertiary/aromatic N) is 3. The zero-order valence-electron chi connectivity index (χ0n) is 17.4. The van der Waals surface area contributed by atoms with Crippen molar-refractivity contribution in [1.29, 1.82) is 0 Å². The van der Waals surface area contributed by atoms with Gasteiger partial charge in [-0.3, -0.25) is 14.2 Å². The lowest BCUT2D eigenvalue weighted by Crippen LogP contribution is -2.25. The molecular weight excluding hydrogens is 386 g/mol. The van der Waals surface area contributed by atoms with Gasteiger partial charge in [0.05, 0.1) is 24.9 Å². The molecule has 3 aromatic rings. The molecule has 7 heteroatoms. The SMILES string of the molecule is COCCn1c(C)cc(C(=O)Cn2cnc3sc4c(c3c2=O)CC[C@H](C)C4)c1C. The molecule has 0 bridgehead atoms. The molecule has 0 saturated heterocycles. The third-order valence-electron chi connectivity index (χ3n) is 5.99. The highest BCUT2D eigenvalue weighted by Gasteiger charge is 2.24. The summed E-state index contributed by atoms with van der Waals surface area (Å²) in [6.07, 6.45) is 4.56. The molecule has 0 aliphatic heterocycles. The summed E-state index contributed by atoms with van der Waals surface area (Å²) in [6, 6.07) is 1.90. The minimum absolute atomic E-state index is 0.0113. The van der Waals surface area contributed by atoms with E-state index in [4.69, 9.17) is 4.74 Å². The van der Waals surface area contributed by atoms with Gasteiger partial charge in [-0.15, -0.1) is 11.3 Å². The van der Waals surface area contributed by atoms with Crippen LogP contribution in [-0.4, -0.2) is 33.6 Å². The van der Waals surface area contributed by atoms with Crippen LogP contribution in [0.5, 0.6) is 0 Å². The number of rotatable bonds is 6. The van der Waals surface area contributed by atoms with Crippen molar-refractivity contribution < 1.29 is 9.53 Å². The number of carbonyl (C=O) groups excluding carboxylic acids is 1. The second-order valence-corrected chi connectivity index (χ2v) is 9.15. The summed E-state index contributed by atoms with van der Waals surface area (Å²) < 4.78 is 8.71. The molecule has 0 spiro atoms. The fraction of sp³-hybridized carbons (Fsp3) is 0.500. The number of aryl methyl sites for hydroxylation is 2. The highest BCUT2D eigenvalue weighted by atomic mass is 32.1. The van der Waals surface area contributed by atoms with Crippen LogP contribution < -0.4 is 5.56 Å². The molecule has 0 aromatic carbocycles. The first kappa shape index (κ1) is 20.0. The van der Waals surface area contributed by atoms with Crippen molar-refractivity contribution in [2.75, 3.05) is 13.7 Å². The molecule has 154 valence electrons. The molecule has 0 amide bonds. The standard InChI is InChI=1S/C22H27N3O3S/c1-13-5-6-16-19(9-13)29-21-20(16)22(27)24(12-23-21)11-18(26)17-10-14(2)25(15(17)3)7-8-28-4/h10,12-13H,5-9,11H2,1-4H3/t13-/m0/s1. The van der Waals surface area contributed by atoms with Gasteiger partial charge >= 0.3 is 0 Å². The number of Topliss-reactive ketones (excluding diaryl/α,β-unsaturated/α-hetero) is 1. The predicted octanol–water partition coefficient (Wildman–Crippen LogP) is 3.53. The average molecular weight is 414 g/mol. The van der Waals surface area contributed by atoms with Gasteiger partial charge in [-0.25, -0.2) is 4.98 Å². The minimum Gasteiger partial charge on any atom is -0.383 e. The molecule has 1 atom stereocenters. The van der Waals surface area contributed by atoms with Gasteiger partial charge in [0, 0.05) is 35.5 Å². The summed E-state index contributed by atoms with van der Waals surface area (Å²) in [5.41, 5.74) is 3.65. The van der Waals surface area contributed by atoms with Crippen molar-refractivity contribution in [2.24, 2.45) is 5.92 Å². The average Bonchev–Trinajstić information content (AvgIpc) is 3.19. The van der Waals surface area contributed by atoms with Gasteiger partial charge in [-0.2, -0.15) is 0 Å². The Bertz CT molecular complexity index is 1140. The van der Waals surface area contributed by atoms with Crippen LogP contribution in [0, 0.1) is 19.8 Å². The second kappa shape index (κ2) is 7.88. The van der Waals surface area contributed by atoms with E-state index < -0.39 is 0 Å². The van der Waals surface area contributed by atoms with Crippen molar-refractivity contribution in [3.05, 3.63) is 50.1 Å². The zero-order chi connectivity index (χ0) is 20.7. The Labute approximate surface area is 174 Å². The number of hydrogen-bond acceptors (Lipinski definition) is 5. The molecule has 1 aliphatic carbocycles. The van der Waals surface area contributed by atoms with Gasteiger partial charge in [0.25, 0.3) is 5.56 Å². The number of aromatic nitrogens is 3. The number of fused-ring (bicyclic) bond motifs is 3. The normalized spacial score (nSPS) is 16.3. The zero-order valence-corrected chi connectivity index (χ0v) is 18.3. The molecule has 4 rings (SSSR count). The smallest absolute Gasteiger partial charge is 0.262 e. The summed E-state index contributed by atoms with van der Waals surface area (Å²) >= 11 is 1.63. The number of ketones is 1. The Morgan fingerprint density at radius 3 is 2.93 bits per heavy atom. The number of thiophene rings is 1. The maximum Gasteiger partial charge on any atom is 0.262 e. The predicted molar refractivity (Wildman–Crippen MR) is 115 cm³/mol. The second-order valence-electron chi connectivity index (χ2n) is 8.06. The minimum atomic E-state index is -0.0939. The van der Waals surface area contributed by atoms with Crippen molar-refractivity contribution >= 4 is 27.3 Å². The van der Waals surface area contributed by atoms with Gasteiger partial charge in [-0.05, 0) is 50.7 Å². The Morgan fingerprint density at radius 2 is 2.17 bits per heavy atom. The van der Waals surface area contributed by atoms with Crippen LogP contribution >= 0.6 is 11.3 Å². The van der Waals surface area contributed by atoms with Crippen molar-refractivity contribution in [2.45, 2.75) is 53.1 Å². The van der Waals surface area contributed by atoms with Crippen LogP contribution in [0.25, 0.3) is 10.2 Å². The van der Waals surface area contributed by atoms with E-state index in [1.807, 2.05) is 19.9 Å². The summed E-state index contributed by atoms with van der Waals surface area (Å²) in [6.45, 7) is 7.48. The Balaban J connectivity index is 1.66. The van der Waals surface area contributed by atoms with Gasteiger partial charge in [0.1, 0.15) is 4.83 Å². The fourth-order valence-corrected chi connectivity index (χ4v) is 5.67. The van der Waals surface area contributed by atoms with Crippen LogP contribution in [-0.2, 0) is 30.7 Å². The van der Waals surface area contributed by atoms with Crippen molar-refractivity contribution in [1.82, 2.24) is 14.1 Å². The first-order valence-electron chi connectivity index (χ1n) is 10.1. The molecule has 0 N–H and O–H groups in total. The molecule has 29 heavy (non-hydrogen) atoms. The first-order valence-corrected chi connectivity index (χ1v) is 10.9. The van der Waals surface area contributed by atoms with Crippen LogP contribution in [0.2, 0.25) is 0 Å². The van der Waals surface area contributed by atoms with Crippen LogP contribution in [0.15, 0.2) is 17.2 Å². The Morgan fingerprint density at radius 1 is 1.38 bits per heavy atom. The lowest BCUT2D eigenvalue weighted by Gasteiger charge is -2.17. The lowest BCUT2D eigenvalue weighted by atomic mass is 9.89. The van der Waals surface area contributed by atoms with Crippen LogP contribution in [0.3, 0.4) is 0 Å². The summed E-state index contributed by atoms with van der Waals surface area (Å²) in [7, 11) is 1.67. The molecule has 3 aromatic heterocycles. The Kier molecular flexibility index (Phi) is 5.44. The number of hydrogen-bond donors (Lipinski definition) is 0. The maximum absolute atomic E-state index is 13.2. The molecule has 0 fully saturated rings. The molecule has 0 radical (unpaired) electrons. The molecule has 0 unspecified atom stereocenters. The quantitative estimate of drug-likeness (QED) is 0.580.